The molecule has 1 heterocycles. The molecular weight excluding hydrogens is 390 g/mol. The number of aliphatic imine (C=N–C) groups is 1. The molecule has 3 amide bonds. The number of fused-ring (bicyclic) bond motifs is 1. The van der Waals surface area contributed by atoms with Gasteiger partial charge in [0.1, 0.15) is 5.84 Å². The molecule has 2 aromatic rings. The third-order valence-corrected chi connectivity index (χ3v) is 5.83. The first-order valence-electron chi connectivity index (χ1n) is 10.9. The lowest BCUT2D eigenvalue weighted by Gasteiger charge is -2.25. The first-order valence-corrected chi connectivity index (χ1v) is 10.9. The predicted molar refractivity (Wildman–Crippen MR) is 124 cm³/mol. The van der Waals surface area contributed by atoms with Gasteiger partial charge < -0.3 is 20.9 Å². The average molecular weight is 420 g/mol. The maximum atomic E-state index is 13.1. The van der Waals surface area contributed by atoms with Gasteiger partial charge in [-0.05, 0) is 49.6 Å². The van der Waals surface area contributed by atoms with Gasteiger partial charge in [0, 0.05) is 24.3 Å². The smallest absolute Gasteiger partial charge is 0.321 e. The van der Waals surface area contributed by atoms with Crippen LogP contribution in [0, 0.1) is 6.92 Å². The van der Waals surface area contributed by atoms with Crippen molar-refractivity contribution in [3.63, 3.8) is 0 Å². The van der Waals surface area contributed by atoms with Crippen molar-refractivity contribution in [2.75, 3.05) is 17.3 Å². The van der Waals surface area contributed by atoms with Crippen LogP contribution in [-0.2, 0) is 4.79 Å². The maximum absolute atomic E-state index is 13.1. The minimum atomic E-state index is -1.02. The van der Waals surface area contributed by atoms with Crippen LogP contribution in [-0.4, -0.2) is 37.0 Å². The molecule has 0 aromatic heterocycles. The van der Waals surface area contributed by atoms with Gasteiger partial charge in [0.25, 0.3) is 5.91 Å². The molecule has 0 unspecified atom stereocenters. The molecule has 7 heteroatoms. The van der Waals surface area contributed by atoms with Crippen LogP contribution in [0.3, 0.4) is 0 Å². The number of para-hydroxylation sites is 1. The lowest BCUT2D eigenvalue weighted by atomic mass is 9.95. The molecule has 1 saturated carbocycles. The second kappa shape index (κ2) is 9.20. The van der Waals surface area contributed by atoms with Crippen molar-refractivity contribution in [1.82, 2.24) is 10.6 Å². The van der Waals surface area contributed by atoms with Crippen LogP contribution in [0.25, 0.3) is 0 Å². The Morgan fingerprint density at radius 1 is 1.06 bits per heavy atom. The van der Waals surface area contributed by atoms with E-state index in [9.17, 15) is 9.59 Å². The van der Waals surface area contributed by atoms with E-state index in [1.807, 2.05) is 55.5 Å². The van der Waals surface area contributed by atoms with Gasteiger partial charge in [-0.1, -0.05) is 43.5 Å². The maximum Gasteiger partial charge on any atom is 0.321 e. The zero-order chi connectivity index (χ0) is 21.8. The molecule has 0 bridgehead atoms. The molecule has 1 atom stereocenters. The van der Waals surface area contributed by atoms with Crippen LogP contribution in [0.4, 0.5) is 16.2 Å². The van der Waals surface area contributed by atoms with E-state index in [0.29, 0.717) is 17.6 Å². The Labute approximate surface area is 182 Å². The number of hydrogen-bond acceptors (Lipinski definition) is 4. The molecule has 0 saturated heterocycles. The van der Waals surface area contributed by atoms with E-state index in [-0.39, 0.29) is 5.91 Å². The summed E-state index contributed by atoms with van der Waals surface area (Å²) in [5.74, 6) is 0.369. The number of nitrogens with one attached hydrogen (secondary N) is 3. The number of benzene rings is 2. The van der Waals surface area contributed by atoms with Gasteiger partial charge in [-0.2, -0.15) is 0 Å². The Hall–Kier alpha value is -3.35. The monoisotopic (exact) mass is 419 g/mol. The van der Waals surface area contributed by atoms with Crippen LogP contribution in [0.15, 0.2) is 53.5 Å². The Balaban J connectivity index is 1.59. The lowest BCUT2D eigenvalue weighted by Crippen LogP contribution is -2.48. The van der Waals surface area contributed by atoms with Crippen molar-refractivity contribution in [3.8, 4) is 0 Å². The summed E-state index contributed by atoms with van der Waals surface area (Å²) < 4.78 is 0. The first-order chi connectivity index (χ1) is 15.0. The van der Waals surface area contributed by atoms with Gasteiger partial charge >= 0.3 is 6.03 Å². The fraction of sp³-hybridized carbons (Fsp3) is 0.375. The molecule has 1 aliphatic heterocycles. The van der Waals surface area contributed by atoms with Crippen molar-refractivity contribution < 1.29 is 9.59 Å². The average Bonchev–Trinajstić information content (AvgIpc) is 2.86. The Kier molecular flexibility index (Phi) is 6.21. The first kappa shape index (κ1) is 20.9. The van der Waals surface area contributed by atoms with Crippen LogP contribution in [0.5, 0.6) is 0 Å². The number of likely N-dealkylation sites (N-methyl/N-ethyl adjacent to an activating group) is 1. The molecule has 0 radical (unpaired) electrons. The number of carbonyl (C=O) groups is 2. The van der Waals surface area contributed by atoms with Gasteiger partial charge in [0.2, 0.25) is 6.17 Å². The number of amidine groups is 1. The van der Waals surface area contributed by atoms with Crippen molar-refractivity contribution >= 4 is 29.1 Å². The van der Waals surface area contributed by atoms with E-state index in [1.165, 1.54) is 19.3 Å². The molecule has 0 spiro atoms. The van der Waals surface area contributed by atoms with Gasteiger partial charge in [0.05, 0.1) is 5.69 Å². The summed E-state index contributed by atoms with van der Waals surface area (Å²) in [5, 5.41) is 9.09. The molecule has 1 fully saturated rings. The van der Waals surface area contributed by atoms with E-state index < -0.39 is 12.2 Å². The summed E-state index contributed by atoms with van der Waals surface area (Å²) in [6.45, 7) is 1.96. The number of carbonyl (C=O) groups excluding carboxylic acids is 2. The van der Waals surface area contributed by atoms with E-state index >= 15 is 0 Å². The number of urea groups is 1. The quantitative estimate of drug-likeness (QED) is 0.708. The van der Waals surface area contributed by atoms with Crippen molar-refractivity contribution in [2.45, 2.75) is 51.2 Å². The van der Waals surface area contributed by atoms with Gasteiger partial charge in [0.15, 0.2) is 0 Å². The standard InChI is InChI=1S/C24H29N5O2/c1-16-9-8-12-18(15-16)26-24(31)28-22-23(30)29(2)20-14-7-6-13-19(20)21(27-22)25-17-10-4-3-5-11-17/h6-9,12-15,17,22H,3-5,10-11H2,1-2H3,(H,25,27)(H2,26,28,31)/t22-/m0/s1. The SMILES string of the molecule is Cc1cccc(NC(=O)N[C@@H]2N=C(NC3CCCCC3)c3ccccc3N(C)C2=O)c1. The third kappa shape index (κ3) is 4.87. The molecule has 2 aromatic carbocycles. The zero-order valence-electron chi connectivity index (χ0n) is 18.0. The number of rotatable bonds is 3. The third-order valence-electron chi connectivity index (χ3n) is 5.83. The number of hydrogen-bond donors (Lipinski definition) is 3. The van der Waals surface area contributed by atoms with E-state index in [2.05, 4.69) is 20.9 Å². The normalized spacial score (nSPS) is 19.2. The summed E-state index contributed by atoms with van der Waals surface area (Å²) in [4.78, 5) is 32.0. The van der Waals surface area contributed by atoms with E-state index in [1.54, 1.807) is 11.9 Å². The van der Waals surface area contributed by atoms with Gasteiger partial charge in [-0.25, -0.2) is 9.79 Å². The molecule has 7 nitrogen and oxygen atoms in total. The molecule has 2 aliphatic rings. The van der Waals surface area contributed by atoms with E-state index in [4.69, 9.17) is 0 Å². The molecule has 31 heavy (non-hydrogen) atoms. The van der Waals surface area contributed by atoms with Gasteiger partial charge in [-0.15, -0.1) is 0 Å². The Bertz CT molecular complexity index is 997. The minimum Gasteiger partial charge on any atom is -0.367 e. The number of benzodiazepines with no additional fused rings is 1. The number of amides is 3. The summed E-state index contributed by atoms with van der Waals surface area (Å²) in [7, 11) is 1.72. The fourth-order valence-electron chi connectivity index (χ4n) is 4.19. The topological polar surface area (TPSA) is 85.8 Å². The Morgan fingerprint density at radius 2 is 1.84 bits per heavy atom. The highest BCUT2D eigenvalue weighted by molar-refractivity contribution is 6.12. The minimum absolute atomic E-state index is 0.285. The largest absolute Gasteiger partial charge is 0.367 e. The van der Waals surface area contributed by atoms with Crippen molar-refractivity contribution in [3.05, 3.63) is 59.7 Å². The zero-order valence-corrected chi connectivity index (χ0v) is 18.0. The van der Waals surface area contributed by atoms with Crippen LogP contribution < -0.4 is 20.9 Å². The summed E-state index contributed by atoms with van der Waals surface area (Å²) >= 11 is 0. The number of nitrogens with zero attached hydrogens (tertiary/aromatic N) is 2. The highest BCUT2D eigenvalue weighted by Crippen LogP contribution is 2.25. The summed E-state index contributed by atoms with van der Waals surface area (Å²) in [6, 6.07) is 15.1. The van der Waals surface area contributed by atoms with Crippen molar-refractivity contribution in [2.24, 2.45) is 4.99 Å². The van der Waals surface area contributed by atoms with Crippen LogP contribution in [0.1, 0.15) is 43.2 Å². The van der Waals surface area contributed by atoms with E-state index in [0.717, 1.165) is 29.7 Å². The Morgan fingerprint density at radius 3 is 2.61 bits per heavy atom. The summed E-state index contributed by atoms with van der Waals surface area (Å²) in [5.41, 5.74) is 3.35. The molecule has 3 N–H and O–H groups in total. The highest BCUT2D eigenvalue weighted by atomic mass is 16.2. The van der Waals surface area contributed by atoms with Crippen LogP contribution >= 0.6 is 0 Å². The van der Waals surface area contributed by atoms with Crippen molar-refractivity contribution in [1.29, 1.82) is 0 Å². The lowest BCUT2D eigenvalue weighted by molar-refractivity contribution is -0.119. The predicted octanol–water partition coefficient (Wildman–Crippen LogP) is 3.79. The fourth-order valence-corrected chi connectivity index (χ4v) is 4.19. The summed E-state index contributed by atoms with van der Waals surface area (Å²) in [6.07, 6.45) is 4.77. The second-order valence-electron chi connectivity index (χ2n) is 8.24. The number of aryl methyl sites for hydroxylation is 1. The van der Waals surface area contributed by atoms with Crippen LogP contribution in [0.2, 0.25) is 0 Å². The molecular formula is C24H29N5O2. The second-order valence-corrected chi connectivity index (χ2v) is 8.24. The highest BCUT2D eigenvalue weighted by Gasteiger charge is 2.31. The number of anilines is 2. The molecule has 1 aliphatic carbocycles. The molecule has 4 rings (SSSR count). The van der Waals surface area contributed by atoms with Gasteiger partial charge in [-0.3, -0.25) is 4.79 Å². The molecule has 162 valence electrons.